The molecule has 0 saturated carbocycles. The van der Waals surface area contributed by atoms with E-state index in [2.05, 4.69) is 0 Å². The van der Waals surface area contributed by atoms with E-state index < -0.39 is 0 Å². The Hall–Kier alpha value is -1.46. The SMILES string of the molecule is Cl.N[C@@H]1CCCN(C(=O)c2cccc3c2OCCO3)C1. The lowest BCUT2D eigenvalue weighted by atomic mass is 10.0. The summed E-state index contributed by atoms with van der Waals surface area (Å²) in [5.41, 5.74) is 6.50. The smallest absolute Gasteiger partial charge is 0.257 e. The molecule has 2 aliphatic heterocycles. The summed E-state index contributed by atoms with van der Waals surface area (Å²) in [6, 6.07) is 5.52. The number of rotatable bonds is 1. The summed E-state index contributed by atoms with van der Waals surface area (Å²) < 4.78 is 11.1. The summed E-state index contributed by atoms with van der Waals surface area (Å²) in [5, 5.41) is 0. The van der Waals surface area contributed by atoms with Crippen LogP contribution < -0.4 is 15.2 Å². The number of benzene rings is 1. The van der Waals surface area contributed by atoms with Crippen molar-refractivity contribution in [2.24, 2.45) is 5.73 Å². The molecule has 1 fully saturated rings. The molecule has 6 heteroatoms. The number of carbonyl (C=O) groups excluding carboxylic acids is 1. The van der Waals surface area contributed by atoms with Crippen LogP contribution in [0.4, 0.5) is 0 Å². The zero-order chi connectivity index (χ0) is 13.2. The van der Waals surface area contributed by atoms with Gasteiger partial charge in [-0.2, -0.15) is 0 Å². The average molecular weight is 299 g/mol. The zero-order valence-corrected chi connectivity index (χ0v) is 12.0. The van der Waals surface area contributed by atoms with Gasteiger partial charge in [0.25, 0.3) is 5.91 Å². The first-order chi connectivity index (χ1) is 9.25. The number of hydrogen-bond donors (Lipinski definition) is 1. The second kappa shape index (κ2) is 6.33. The van der Waals surface area contributed by atoms with Crippen LogP contribution in [0, 0.1) is 0 Å². The Bertz CT molecular complexity index is 495. The highest BCUT2D eigenvalue weighted by molar-refractivity contribution is 5.98. The summed E-state index contributed by atoms with van der Waals surface area (Å²) in [6.07, 6.45) is 1.94. The summed E-state index contributed by atoms with van der Waals surface area (Å²) in [7, 11) is 0. The first-order valence-corrected chi connectivity index (χ1v) is 6.69. The molecule has 0 aliphatic carbocycles. The van der Waals surface area contributed by atoms with E-state index in [1.54, 1.807) is 6.07 Å². The van der Waals surface area contributed by atoms with Gasteiger partial charge in [-0.25, -0.2) is 0 Å². The zero-order valence-electron chi connectivity index (χ0n) is 11.2. The van der Waals surface area contributed by atoms with Gasteiger partial charge in [0.15, 0.2) is 11.5 Å². The molecule has 110 valence electrons. The van der Waals surface area contributed by atoms with E-state index in [9.17, 15) is 4.79 Å². The molecule has 1 aromatic carbocycles. The Morgan fingerprint density at radius 3 is 2.90 bits per heavy atom. The van der Waals surface area contributed by atoms with E-state index in [1.165, 1.54) is 0 Å². The van der Waals surface area contributed by atoms with Crippen molar-refractivity contribution in [3.8, 4) is 11.5 Å². The maximum absolute atomic E-state index is 12.6. The first-order valence-electron chi connectivity index (χ1n) is 6.69. The second-order valence-electron chi connectivity index (χ2n) is 4.98. The van der Waals surface area contributed by atoms with E-state index in [0.29, 0.717) is 36.8 Å². The Morgan fingerprint density at radius 2 is 2.10 bits per heavy atom. The fourth-order valence-corrected chi connectivity index (χ4v) is 2.61. The van der Waals surface area contributed by atoms with Gasteiger partial charge in [-0.3, -0.25) is 4.79 Å². The number of fused-ring (bicyclic) bond motifs is 1. The molecule has 5 nitrogen and oxygen atoms in total. The molecule has 0 spiro atoms. The van der Waals surface area contributed by atoms with Gasteiger partial charge in [-0.15, -0.1) is 12.4 Å². The number of hydrogen-bond acceptors (Lipinski definition) is 4. The van der Waals surface area contributed by atoms with Crippen molar-refractivity contribution in [3.63, 3.8) is 0 Å². The van der Waals surface area contributed by atoms with Gasteiger partial charge in [0, 0.05) is 19.1 Å². The van der Waals surface area contributed by atoms with Gasteiger partial charge >= 0.3 is 0 Å². The molecular weight excluding hydrogens is 280 g/mol. The van der Waals surface area contributed by atoms with Crippen LogP contribution in [0.2, 0.25) is 0 Å². The molecule has 1 amide bonds. The molecular formula is C14H19ClN2O3. The predicted octanol–water partition coefficient (Wildman–Crippen LogP) is 1.44. The highest BCUT2D eigenvalue weighted by Crippen LogP contribution is 2.34. The molecule has 0 aromatic heterocycles. The maximum Gasteiger partial charge on any atom is 0.257 e. The van der Waals surface area contributed by atoms with Crippen molar-refractivity contribution in [2.75, 3.05) is 26.3 Å². The van der Waals surface area contributed by atoms with Gasteiger partial charge in [0.05, 0.1) is 5.56 Å². The molecule has 0 unspecified atom stereocenters. The third kappa shape index (κ3) is 2.83. The molecule has 20 heavy (non-hydrogen) atoms. The topological polar surface area (TPSA) is 64.8 Å². The van der Waals surface area contributed by atoms with E-state index in [1.807, 2.05) is 17.0 Å². The minimum atomic E-state index is -0.0162. The fraction of sp³-hybridized carbons (Fsp3) is 0.500. The van der Waals surface area contributed by atoms with E-state index in [-0.39, 0.29) is 24.4 Å². The standard InChI is InChI=1S/C14H18N2O3.ClH/c15-10-3-2-6-16(9-10)14(17)11-4-1-5-12-13(11)19-8-7-18-12;/h1,4-5,10H,2-3,6-9,15H2;1H/t10-;/m1./s1. The van der Waals surface area contributed by atoms with Gasteiger partial charge < -0.3 is 20.1 Å². The number of para-hydroxylation sites is 1. The molecule has 3 rings (SSSR count). The summed E-state index contributed by atoms with van der Waals surface area (Å²) in [4.78, 5) is 14.4. The van der Waals surface area contributed by atoms with Gasteiger partial charge in [0.1, 0.15) is 13.2 Å². The number of carbonyl (C=O) groups is 1. The van der Waals surface area contributed by atoms with Crippen molar-refractivity contribution in [2.45, 2.75) is 18.9 Å². The number of likely N-dealkylation sites (tertiary alicyclic amines) is 1. The summed E-state index contributed by atoms with van der Waals surface area (Å²) >= 11 is 0. The van der Waals surface area contributed by atoms with Gasteiger partial charge in [-0.05, 0) is 25.0 Å². The summed E-state index contributed by atoms with van der Waals surface area (Å²) in [6.45, 7) is 2.39. The molecule has 2 N–H and O–H groups in total. The number of ether oxygens (including phenoxy) is 2. The lowest BCUT2D eigenvalue weighted by Gasteiger charge is -2.31. The molecule has 1 atom stereocenters. The third-order valence-corrected chi connectivity index (χ3v) is 3.54. The lowest BCUT2D eigenvalue weighted by Crippen LogP contribution is -2.45. The maximum atomic E-state index is 12.6. The van der Waals surface area contributed by atoms with Crippen LogP contribution in [-0.2, 0) is 0 Å². The van der Waals surface area contributed by atoms with Crippen LogP contribution in [0.3, 0.4) is 0 Å². The van der Waals surface area contributed by atoms with Crippen molar-refractivity contribution in [1.82, 2.24) is 4.90 Å². The monoisotopic (exact) mass is 298 g/mol. The van der Waals surface area contributed by atoms with Crippen LogP contribution in [-0.4, -0.2) is 43.2 Å². The quantitative estimate of drug-likeness (QED) is 0.852. The normalized spacial score (nSPS) is 21.1. The van der Waals surface area contributed by atoms with Crippen molar-refractivity contribution in [1.29, 1.82) is 0 Å². The minimum Gasteiger partial charge on any atom is -0.486 e. The van der Waals surface area contributed by atoms with Crippen LogP contribution in [0.25, 0.3) is 0 Å². The Balaban J connectivity index is 0.00000147. The summed E-state index contributed by atoms with van der Waals surface area (Å²) in [5.74, 6) is 1.20. The predicted molar refractivity (Wildman–Crippen MR) is 77.8 cm³/mol. The second-order valence-corrected chi connectivity index (χ2v) is 4.98. The molecule has 0 radical (unpaired) electrons. The third-order valence-electron chi connectivity index (χ3n) is 3.54. The fourth-order valence-electron chi connectivity index (χ4n) is 2.61. The Kier molecular flexibility index (Phi) is 4.73. The highest BCUT2D eigenvalue weighted by atomic mass is 35.5. The van der Waals surface area contributed by atoms with E-state index in [0.717, 1.165) is 19.4 Å². The lowest BCUT2D eigenvalue weighted by molar-refractivity contribution is 0.0698. The molecule has 1 aromatic rings. The van der Waals surface area contributed by atoms with Crippen LogP contribution in [0.5, 0.6) is 11.5 Å². The number of halogens is 1. The number of nitrogens with two attached hydrogens (primary N) is 1. The van der Waals surface area contributed by atoms with Gasteiger partial charge in [-0.1, -0.05) is 6.07 Å². The van der Waals surface area contributed by atoms with Gasteiger partial charge in [0.2, 0.25) is 0 Å². The van der Waals surface area contributed by atoms with E-state index >= 15 is 0 Å². The van der Waals surface area contributed by atoms with Crippen LogP contribution in [0.1, 0.15) is 23.2 Å². The van der Waals surface area contributed by atoms with Crippen LogP contribution >= 0.6 is 12.4 Å². The van der Waals surface area contributed by atoms with Crippen LogP contribution in [0.15, 0.2) is 18.2 Å². The number of amides is 1. The first kappa shape index (κ1) is 14.9. The Morgan fingerprint density at radius 1 is 1.30 bits per heavy atom. The number of nitrogens with zero attached hydrogens (tertiary/aromatic N) is 1. The highest BCUT2D eigenvalue weighted by Gasteiger charge is 2.27. The molecule has 2 heterocycles. The number of piperidine rings is 1. The molecule has 0 bridgehead atoms. The molecule has 2 aliphatic rings. The average Bonchev–Trinajstić information content (AvgIpc) is 2.46. The largest absolute Gasteiger partial charge is 0.486 e. The minimum absolute atomic E-state index is 0. The van der Waals surface area contributed by atoms with Crippen molar-refractivity contribution < 1.29 is 14.3 Å². The Labute approximate surface area is 124 Å². The molecule has 1 saturated heterocycles. The van der Waals surface area contributed by atoms with Crippen molar-refractivity contribution >= 4 is 18.3 Å². The van der Waals surface area contributed by atoms with E-state index in [4.69, 9.17) is 15.2 Å². The van der Waals surface area contributed by atoms with Crippen molar-refractivity contribution in [3.05, 3.63) is 23.8 Å².